The average molecular weight is 476 g/mol. The molecule has 4 aromatic rings. The molecule has 0 N–H and O–H groups in total. The number of benzene rings is 1. The molecule has 1 fully saturated rings. The Labute approximate surface area is 202 Å². The normalized spacial score (nSPS) is 15.6. The van der Waals surface area contributed by atoms with Crippen LogP contribution in [0, 0.1) is 11.6 Å². The lowest BCUT2D eigenvalue weighted by Crippen LogP contribution is -2.32. The fraction of sp³-hybridized carbons (Fsp3) is 0.296. The first-order valence-electron chi connectivity index (χ1n) is 11.9. The number of hydrogen-bond acceptors (Lipinski definition) is 5. The van der Waals surface area contributed by atoms with Gasteiger partial charge in [0.2, 0.25) is 0 Å². The van der Waals surface area contributed by atoms with E-state index in [0.717, 1.165) is 55.8 Å². The van der Waals surface area contributed by atoms with Gasteiger partial charge in [0, 0.05) is 36.9 Å². The van der Waals surface area contributed by atoms with Crippen LogP contribution in [0.1, 0.15) is 48.1 Å². The van der Waals surface area contributed by atoms with Gasteiger partial charge in [-0.05, 0) is 80.2 Å². The van der Waals surface area contributed by atoms with E-state index < -0.39 is 11.6 Å². The van der Waals surface area contributed by atoms with Crippen LogP contribution in [0.4, 0.5) is 8.78 Å². The van der Waals surface area contributed by atoms with E-state index in [2.05, 4.69) is 42.8 Å². The largest absolute Gasteiger partial charge is 0.396 e. The van der Waals surface area contributed by atoms with Crippen LogP contribution in [-0.4, -0.2) is 44.7 Å². The summed E-state index contributed by atoms with van der Waals surface area (Å²) in [6.07, 6.45) is 10.0. The fourth-order valence-corrected chi connectivity index (χ4v) is 4.54. The summed E-state index contributed by atoms with van der Waals surface area (Å²) in [6, 6.07) is 11.8. The summed E-state index contributed by atoms with van der Waals surface area (Å²) in [6.45, 7) is 5.00. The summed E-state index contributed by atoms with van der Waals surface area (Å²) in [5.41, 5.74) is 4.75. The van der Waals surface area contributed by atoms with Gasteiger partial charge in [0.1, 0.15) is 18.0 Å². The van der Waals surface area contributed by atoms with E-state index in [1.165, 1.54) is 11.6 Å². The van der Waals surface area contributed by atoms with Gasteiger partial charge < -0.3 is 9.24 Å². The van der Waals surface area contributed by atoms with Gasteiger partial charge in [0.15, 0.2) is 11.6 Å². The van der Waals surface area contributed by atoms with E-state index in [9.17, 15) is 8.78 Å². The van der Waals surface area contributed by atoms with Gasteiger partial charge in [-0.3, -0.25) is 9.88 Å². The van der Waals surface area contributed by atoms with E-state index in [1.807, 2.05) is 37.6 Å². The molecule has 0 bridgehead atoms. The van der Waals surface area contributed by atoms with Crippen molar-refractivity contribution in [2.24, 2.45) is 5.16 Å². The van der Waals surface area contributed by atoms with Crippen LogP contribution in [0.2, 0.25) is 0 Å². The van der Waals surface area contributed by atoms with E-state index in [-0.39, 0.29) is 0 Å². The van der Waals surface area contributed by atoms with Crippen molar-refractivity contribution in [1.82, 2.24) is 19.3 Å². The second-order valence-electron chi connectivity index (χ2n) is 8.74. The number of pyridine rings is 2. The number of oxime groups is 1. The van der Waals surface area contributed by atoms with Crippen molar-refractivity contribution in [1.29, 1.82) is 0 Å². The summed E-state index contributed by atoms with van der Waals surface area (Å²) in [7, 11) is 0. The first-order chi connectivity index (χ1) is 17.1. The molecular weight excluding hydrogens is 448 g/mol. The highest BCUT2D eigenvalue weighted by molar-refractivity contribution is 6.11. The summed E-state index contributed by atoms with van der Waals surface area (Å²) in [4.78, 5) is 16.5. The lowest BCUT2D eigenvalue weighted by Gasteiger charge is -2.32. The molecule has 35 heavy (non-hydrogen) atoms. The number of aromatic nitrogens is 3. The van der Waals surface area contributed by atoms with Crippen molar-refractivity contribution in [3.05, 3.63) is 101 Å². The first kappa shape index (κ1) is 23.1. The average Bonchev–Trinajstić information content (AvgIpc) is 3.36. The molecule has 1 aliphatic heterocycles. The van der Waals surface area contributed by atoms with Gasteiger partial charge in [-0.1, -0.05) is 17.3 Å². The Morgan fingerprint density at radius 1 is 1.06 bits per heavy atom. The number of rotatable bonds is 7. The SMILES string of the molecule is CCON=C(c1ccc(F)c(F)c1)c1ccc(CN2CCC(c3ccc4nccn4c3)CC2)cn1. The Hall–Kier alpha value is -3.65. The van der Waals surface area contributed by atoms with Crippen molar-refractivity contribution < 1.29 is 13.6 Å². The van der Waals surface area contributed by atoms with Crippen molar-refractivity contribution >= 4 is 11.4 Å². The molecule has 0 saturated carbocycles. The Bertz CT molecular complexity index is 1330. The summed E-state index contributed by atoms with van der Waals surface area (Å²) in [5.74, 6) is -1.29. The maximum absolute atomic E-state index is 13.8. The zero-order valence-corrected chi connectivity index (χ0v) is 19.6. The topological polar surface area (TPSA) is 55.0 Å². The molecule has 5 rings (SSSR count). The number of imidazole rings is 1. The number of fused-ring (bicyclic) bond motifs is 1. The van der Waals surface area contributed by atoms with Gasteiger partial charge in [0.25, 0.3) is 0 Å². The lowest BCUT2D eigenvalue weighted by molar-refractivity contribution is 0.159. The van der Waals surface area contributed by atoms with Crippen LogP contribution in [0.3, 0.4) is 0 Å². The van der Waals surface area contributed by atoms with Crippen LogP contribution >= 0.6 is 0 Å². The standard InChI is InChI=1S/C27H27F2N5O/c1-2-35-32-27(21-4-6-23(28)24(29)15-21)25-7-3-19(16-31-25)17-33-12-9-20(10-13-33)22-5-8-26-30-11-14-34(26)18-22/h3-8,11,14-16,18,20H,2,9-10,12-13,17H2,1H3. The highest BCUT2D eigenvalue weighted by Gasteiger charge is 2.21. The Kier molecular flexibility index (Phi) is 6.81. The van der Waals surface area contributed by atoms with Gasteiger partial charge in [0.05, 0.1) is 5.69 Å². The number of halogens is 2. The number of nitrogens with zero attached hydrogens (tertiary/aromatic N) is 5. The fourth-order valence-electron chi connectivity index (χ4n) is 4.54. The Morgan fingerprint density at radius 2 is 1.91 bits per heavy atom. The molecule has 0 unspecified atom stereocenters. The van der Waals surface area contributed by atoms with Crippen molar-refractivity contribution in [3.63, 3.8) is 0 Å². The molecule has 6 nitrogen and oxygen atoms in total. The van der Waals surface area contributed by atoms with Crippen molar-refractivity contribution in [2.75, 3.05) is 19.7 Å². The molecule has 0 spiro atoms. The molecule has 0 atom stereocenters. The molecule has 1 aromatic carbocycles. The molecular formula is C27H27F2N5O. The van der Waals surface area contributed by atoms with E-state index >= 15 is 0 Å². The molecule has 8 heteroatoms. The molecule has 3 aromatic heterocycles. The minimum atomic E-state index is -0.934. The van der Waals surface area contributed by atoms with Crippen molar-refractivity contribution in [3.8, 4) is 0 Å². The van der Waals surface area contributed by atoms with Crippen LogP contribution < -0.4 is 0 Å². The van der Waals surface area contributed by atoms with Crippen LogP contribution in [0.15, 0.2) is 72.4 Å². The van der Waals surface area contributed by atoms with E-state index in [4.69, 9.17) is 4.84 Å². The van der Waals surface area contributed by atoms with E-state index in [1.54, 1.807) is 0 Å². The van der Waals surface area contributed by atoms with Crippen LogP contribution in [0.5, 0.6) is 0 Å². The third-order valence-electron chi connectivity index (χ3n) is 6.42. The number of hydrogen-bond donors (Lipinski definition) is 0. The smallest absolute Gasteiger partial charge is 0.159 e. The molecule has 0 amide bonds. The monoisotopic (exact) mass is 475 g/mol. The zero-order valence-electron chi connectivity index (χ0n) is 19.6. The maximum Gasteiger partial charge on any atom is 0.159 e. The summed E-state index contributed by atoms with van der Waals surface area (Å²) in [5, 5.41) is 4.10. The lowest BCUT2D eigenvalue weighted by atomic mass is 9.90. The van der Waals surface area contributed by atoms with Gasteiger partial charge in [-0.15, -0.1) is 0 Å². The zero-order chi connectivity index (χ0) is 24.2. The van der Waals surface area contributed by atoms with Gasteiger partial charge in [-0.25, -0.2) is 13.8 Å². The minimum Gasteiger partial charge on any atom is -0.396 e. The summed E-state index contributed by atoms with van der Waals surface area (Å²) >= 11 is 0. The molecule has 4 heterocycles. The predicted molar refractivity (Wildman–Crippen MR) is 130 cm³/mol. The number of piperidine rings is 1. The minimum absolute atomic E-state index is 0.359. The highest BCUT2D eigenvalue weighted by atomic mass is 19.2. The second kappa shape index (κ2) is 10.3. The summed E-state index contributed by atoms with van der Waals surface area (Å²) < 4.78 is 29.3. The quantitative estimate of drug-likeness (QED) is 0.273. The Balaban J connectivity index is 1.23. The molecule has 180 valence electrons. The molecule has 0 radical (unpaired) electrons. The maximum atomic E-state index is 13.8. The first-order valence-corrected chi connectivity index (χ1v) is 11.9. The van der Waals surface area contributed by atoms with Crippen LogP contribution in [-0.2, 0) is 11.4 Å². The molecule has 1 aliphatic rings. The third-order valence-corrected chi connectivity index (χ3v) is 6.42. The predicted octanol–water partition coefficient (Wildman–Crippen LogP) is 5.18. The molecule has 1 saturated heterocycles. The van der Waals surface area contributed by atoms with Gasteiger partial charge >= 0.3 is 0 Å². The highest BCUT2D eigenvalue weighted by Crippen LogP contribution is 2.29. The number of likely N-dealkylation sites (tertiary alicyclic amines) is 1. The van der Waals surface area contributed by atoms with E-state index in [0.29, 0.717) is 29.5 Å². The molecule has 0 aliphatic carbocycles. The van der Waals surface area contributed by atoms with Gasteiger partial charge in [-0.2, -0.15) is 0 Å². The second-order valence-corrected chi connectivity index (χ2v) is 8.74. The van der Waals surface area contributed by atoms with Crippen LogP contribution in [0.25, 0.3) is 5.65 Å². The van der Waals surface area contributed by atoms with Crippen molar-refractivity contribution in [2.45, 2.75) is 32.2 Å². The Morgan fingerprint density at radius 3 is 2.66 bits per heavy atom. The third kappa shape index (κ3) is 5.22.